The second-order valence-electron chi connectivity index (χ2n) is 5.97. The van der Waals surface area contributed by atoms with Gasteiger partial charge in [-0.05, 0) is 24.0 Å². The average Bonchev–Trinajstić information content (AvgIpc) is 3.29. The zero-order chi connectivity index (χ0) is 16.6. The van der Waals surface area contributed by atoms with Crippen LogP contribution in [0.2, 0.25) is 10.0 Å². The number of hydrogen-bond acceptors (Lipinski definition) is 3. The first kappa shape index (κ1) is 16.6. The van der Waals surface area contributed by atoms with Crippen molar-refractivity contribution in [3.8, 4) is 0 Å². The molecule has 3 rings (SSSR count). The van der Waals surface area contributed by atoms with Gasteiger partial charge in [-0.15, -0.1) is 0 Å². The van der Waals surface area contributed by atoms with Crippen molar-refractivity contribution in [2.75, 3.05) is 19.7 Å². The molecular formula is C16H17Cl2NO4. The van der Waals surface area contributed by atoms with E-state index in [0.717, 1.165) is 12.0 Å². The Bertz CT molecular complexity index is 637. The molecular weight excluding hydrogens is 341 g/mol. The first-order valence-electron chi connectivity index (χ1n) is 7.53. The summed E-state index contributed by atoms with van der Waals surface area (Å²) >= 11 is 12.3. The van der Waals surface area contributed by atoms with Gasteiger partial charge >= 0.3 is 5.97 Å². The van der Waals surface area contributed by atoms with E-state index in [9.17, 15) is 9.59 Å². The average molecular weight is 358 g/mol. The van der Waals surface area contributed by atoms with Gasteiger partial charge in [-0.2, -0.15) is 0 Å². The largest absolute Gasteiger partial charge is 0.481 e. The molecule has 1 amide bonds. The lowest BCUT2D eigenvalue weighted by molar-refractivity contribution is -0.148. The Hall–Kier alpha value is -1.30. The Labute approximate surface area is 144 Å². The van der Waals surface area contributed by atoms with Crippen LogP contribution in [0.5, 0.6) is 0 Å². The number of hydrogen-bond donors (Lipinski definition) is 1. The highest BCUT2D eigenvalue weighted by molar-refractivity contribution is 6.42. The zero-order valence-electron chi connectivity index (χ0n) is 12.4. The Morgan fingerprint density at radius 3 is 2.87 bits per heavy atom. The summed E-state index contributed by atoms with van der Waals surface area (Å²) in [6.07, 6.45) is 0.231. The van der Waals surface area contributed by atoms with Crippen molar-refractivity contribution in [1.29, 1.82) is 0 Å². The smallest absolute Gasteiger partial charge is 0.306 e. The summed E-state index contributed by atoms with van der Waals surface area (Å²) in [5.74, 6) is -0.881. The third kappa shape index (κ3) is 3.62. The number of carboxylic acid groups (broad SMARTS) is 1. The minimum absolute atomic E-state index is 0.0460. The molecule has 7 heteroatoms. The summed E-state index contributed by atoms with van der Waals surface area (Å²) in [5.41, 5.74) is 0.910. The molecule has 1 heterocycles. The maximum absolute atomic E-state index is 12.6. The number of ether oxygens (including phenoxy) is 1. The van der Waals surface area contributed by atoms with Crippen molar-refractivity contribution >= 4 is 35.1 Å². The van der Waals surface area contributed by atoms with Crippen LogP contribution in [-0.2, 0) is 14.3 Å². The molecule has 1 aliphatic carbocycles. The molecule has 124 valence electrons. The molecule has 1 aromatic carbocycles. The number of halogens is 2. The maximum atomic E-state index is 12.6. The van der Waals surface area contributed by atoms with Crippen molar-refractivity contribution in [3.05, 3.63) is 33.8 Å². The lowest BCUT2D eigenvalue weighted by atomic mass is 10.1. The number of amides is 1. The van der Waals surface area contributed by atoms with Crippen LogP contribution >= 0.6 is 23.2 Å². The fourth-order valence-corrected chi connectivity index (χ4v) is 3.54. The van der Waals surface area contributed by atoms with E-state index in [0.29, 0.717) is 29.7 Å². The minimum atomic E-state index is -0.917. The molecule has 2 fully saturated rings. The minimum Gasteiger partial charge on any atom is -0.481 e. The van der Waals surface area contributed by atoms with Gasteiger partial charge in [0.1, 0.15) is 0 Å². The Morgan fingerprint density at radius 1 is 1.35 bits per heavy atom. The third-order valence-corrected chi connectivity index (χ3v) is 5.17. The van der Waals surface area contributed by atoms with Gasteiger partial charge in [0.25, 0.3) is 0 Å². The van der Waals surface area contributed by atoms with Crippen LogP contribution in [0.3, 0.4) is 0 Å². The summed E-state index contributed by atoms with van der Waals surface area (Å²) in [4.78, 5) is 25.1. The first-order chi connectivity index (χ1) is 11.0. The second-order valence-corrected chi connectivity index (χ2v) is 6.75. The Morgan fingerprint density at radius 2 is 2.13 bits per heavy atom. The molecule has 1 aliphatic heterocycles. The van der Waals surface area contributed by atoms with Gasteiger partial charge in [0.05, 0.1) is 29.2 Å². The molecule has 1 N–H and O–H groups in total. The van der Waals surface area contributed by atoms with E-state index >= 15 is 0 Å². The summed E-state index contributed by atoms with van der Waals surface area (Å²) < 4.78 is 5.40. The number of rotatable bonds is 4. The fourth-order valence-electron chi connectivity index (χ4n) is 3.09. The van der Waals surface area contributed by atoms with Crippen molar-refractivity contribution in [2.24, 2.45) is 5.92 Å². The highest BCUT2D eigenvalue weighted by atomic mass is 35.5. The predicted octanol–water partition coefficient (Wildman–Crippen LogP) is 2.80. The van der Waals surface area contributed by atoms with Gasteiger partial charge in [-0.3, -0.25) is 9.59 Å². The van der Waals surface area contributed by atoms with Gasteiger partial charge in [-0.25, -0.2) is 0 Å². The number of carbonyl (C=O) groups excluding carboxylic acids is 1. The van der Waals surface area contributed by atoms with E-state index in [-0.39, 0.29) is 24.2 Å². The van der Waals surface area contributed by atoms with E-state index in [2.05, 4.69) is 0 Å². The molecule has 5 nitrogen and oxygen atoms in total. The number of nitrogens with zero attached hydrogens (tertiary/aromatic N) is 1. The standard InChI is InChI=1S/C16H17Cl2NO4/c17-13-3-1-2-10(15(13)18)11-7-12(11)16(22)19-4-5-23-9(8-19)6-14(20)21/h1-3,9,11-12H,4-8H2,(H,20,21)/t9-,11+,12+/m1/s1. The number of aliphatic carboxylic acids is 1. The number of benzene rings is 1. The zero-order valence-corrected chi connectivity index (χ0v) is 13.9. The van der Waals surface area contributed by atoms with E-state index in [4.69, 9.17) is 33.0 Å². The number of morpholine rings is 1. The second kappa shape index (κ2) is 6.67. The number of carboxylic acids is 1. The lowest BCUT2D eigenvalue weighted by Crippen LogP contribution is -2.47. The third-order valence-electron chi connectivity index (χ3n) is 4.34. The SMILES string of the molecule is O=C(O)C[C@@H]1CN(C(=O)[C@H]2C[C@H]2c2cccc(Cl)c2Cl)CCO1. The molecule has 0 unspecified atom stereocenters. The summed E-state index contributed by atoms with van der Waals surface area (Å²) in [6.45, 7) is 1.21. The summed E-state index contributed by atoms with van der Waals surface area (Å²) in [5, 5.41) is 9.86. The molecule has 3 atom stereocenters. The quantitative estimate of drug-likeness (QED) is 0.899. The van der Waals surface area contributed by atoms with Gasteiger partial charge < -0.3 is 14.7 Å². The van der Waals surface area contributed by atoms with Crippen LogP contribution in [0.1, 0.15) is 24.3 Å². The summed E-state index contributed by atoms with van der Waals surface area (Å²) in [6, 6.07) is 5.46. The normalized spacial score (nSPS) is 26.9. The van der Waals surface area contributed by atoms with Crippen molar-refractivity contribution in [1.82, 2.24) is 4.90 Å². The van der Waals surface area contributed by atoms with Crippen LogP contribution in [0, 0.1) is 5.92 Å². The Balaban J connectivity index is 1.63. The van der Waals surface area contributed by atoms with Gasteiger partial charge in [0, 0.05) is 19.0 Å². The lowest BCUT2D eigenvalue weighted by Gasteiger charge is -2.32. The molecule has 1 aromatic rings. The monoisotopic (exact) mass is 357 g/mol. The highest BCUT2D eigenvalue weighted by Crippen LogP contribution is 2.51. The van der Waals surface area contributed by atoms with Crippen molar-refractivity contribution in [3.63, 3.8) is 0 Å². The molecule has 0 aromatic heterocycles. The molecule has 0 radical (unpaired) electrons. The topological polar surface area (TPSA) is 66.8 Å². The Kier molecular flexibility index (Phi) is 4.80. The van der Waals surface area contributed by atoms with E-state index in [1.807, 2.05) is 12.1 Å². The highest BCUT2D eigenvalue weighted by Gasteiger charge is 2.47. The van der Waals surface area contributed by atoms with E-state index in [1.165, 1.54) is 0 Å². The van der Waals surface area contributed by atoms with Crippen LogP contribution in [-0.4, -0.2) is 47.7 Å². The van der Waals surface area contributed by atoms with Crippen LogP contribution < -0.4 is 0 Å². The van der Waals surface area contributed by atoms with Crippen LogP contribution in [0.25, 0.3) is 0 Å². The summed E-state index contributed by atoms with van der Waals surface area (Å²) in [7, 11) is 0. The molecule has 1 saturated heterocycles. The van der Waals surface area contributed by atoms with E-state index < -0.39 is 12.1 Å². The van der Waals surface area contributed by atoms with Gasteiger partial charge in [0.15, 0.2) is 0 Å². The van der Waals surface area contributed by atoms with Gasteiger partial charge in [0.2, 0.25) is 5.91 Å². The molecule has 23 heavy (non-hydrogen) atoms. The van der Waals surface area contributed by atoms with E-state index in [1.54, 1.807) is 11.0 Å². The maximum Gasteiger partial charge on any atom is 0.306 e. The van der Waals surface area contributed by atoms with Gasteiger partial charge in [-0.1, -0.05) is 35.3 Å². The number of carbonyl (C=O) groups is 2. The molecule has 0 spiro atoms. The van der Waals surface area contributed by atoms with Crippen LogP contribution in [0.4, 0.5) is 0 Å². The van der Waals surface area contributed by atoms with Crippen LogP contribution in [0.15, 0.2) is 18.2 Å². The molecule has 0 bridgehead atoms. The van der Waals surface area contributed by atoms with Crippen molar-refractivity contribution < 1.29 is 19.4 Å². The molecule has 1 saturated carbocycles. The van der Waals surface area contributed by atoms with Crippen molar-refractivity contribution in [2.45, 2.75) is 24.9 Å². The fraction of sp³-hybridized carbons (Fsp3) is 0.500. The molecule has 2 aliphatic rings. The predicted molar refractivity (Wildman–Crippen MR) is 85.9 cm³/mol. The first-order valence-corrected chi connectivity index (χ1v) is 8.29.